The lowest BCUT2D eigenvalue weighted by Crippen LogP contribution is -2.46. The van der Waals surface area contributed by atoms with Gasteiger partial charge in [0.15, 0.2) is 8.32 Å². The van der Waals surface area contributed by atoms with Crippen molar-refractivity contribution in [1.29, 1.82) is 0 Å². The second-order valence-electron chi connectivity index (χ2n) is 9.01. The van der Waals surface area contributed by atoms with Gasteiger partial charge in [-0.15, -0.1) is 0 Å². The van der Waals surface area contributed by atoms with Gasteiger partial charge in [0.25, 0.3) is 0 Å². The van der Waals surface area contributed by atoms with Gasteiger partial charge < -0.3 is 11.1 Å². The normalized spacial score (nSPS) is 12.3. The monoisotopic (exact) mass is 416 g/mol. The maximum absolute atomic E-state index is 6.94. The van der Waals surface area contributed by atoms with E-state index in [0.717, 1.165) is 26.1 Å². The third-order valence-electron chi connectivity index (χ3n) is 5.20. The third kappa shape index (κ3) is 15.2. The summed E-state index contributed by atoms with van der Waals surface area (Å²) >= 11 is -2.04. The minimum absolute atomic E-state index is 0.664. The fraction of sp³-hybridized carbons (Fsp3) is 1.00. The topological polar surface area (TPSA) is 27.7 Å². The molecule has 0 saturated heterocycles. The zero-order valence-corrected chi connectivity index (χ0v) is 21.8. The van der Waals surface area contributed by atoms with Crippen molar-refractivity contribution < 1.29 is 11.1 Å². The SMILES string of the molecule is CCCC[Si](CCCC)(CCCC)[O][Al]([O]CCC(C)C)[O]CCC(C)C. The van der Waals surface area contributed by atoms with E-state index in [0.29, 0.717) is 11.8 Å². The Hall–Kier alpha value is 0.629. The van der Waals surface area contributed by atoms with E-state index in [2.05, 4.69) is 48.5 Å². The summed E-state index contributed by atoms with van der Waals surface area (Å²) in [5, 5.41) is 0. The first-order chi connectivity index (χ1) is 12.9. The molecule has 0 aromatic rings. The van der Waals surface area contributed by atoms with E-state index in [9.17, 15) is 0 Å². The zero-order valence-electron chi connectivity index (χ0n) is 19.6. The molecular formula is C22H49AlO3Si. The molecule has 0 fully saturated rings. The molecule has 0 spiro atoms. The maximum Gasteiger partial charge on any atom is 0.894 e. The van der Waals surface area contributed by atoms with Crippen molar-refractivity contribution in [3.8, 4) is 0 Å². The Morgan fingerprint density at radius 3 is 1.33 bits per heavy atom. The standard InChI is InChI=1S/C12H27OSi.2C5H11O.Al/c1-4-7-10-14(13,11-8-5-2)12-9-6-3;2*1-5(2)3-4-6;/h4-12H2,1-3H3;2*5H,3-4H2,1-2H3;/q3*-1;+3. The molecule has 0 aliphatic rings. The first-order valence-corrected chi connectivity index (χ1v) is 15.7. The second kappa shape index (κ2) is 17.5. The van der Waals surface area contributed by atoms with Crippen LogP contribution in [-0.4, -0.2) is 36.7 Å². The highest BCUT2D eigenvalue weighted by Gasteiger charge is 2.43. The van der Waals surface area contributed by atoms with E-state index in [4.69, 9.17) is 11.1 Å². The predicted molar refractivity (Wildman–Crippen MR) is 123 cm³/mol. The van der Waals surface area contributed by atoms with E-state index >= 15 is 0 Å². The average molecular weight is 417 g/mol. The van der Waals surface area contributed by atoms with Crippen LogP contribution in [-0.2, 0) is 11.1 Å². The highest BCUT2D eigenvalue weighted by molar-refractivity contribution is 6.78. The van der Waals surface area contributed by atoms with E-state index in [-0.39, 0.29) is 0 Å². The number of unbranched alkanes of at least 4 members (excludes halogenated alkanes) is 3. The molecule has 0 amide bonds. The highest BCUT2D eigenvalue weighted by Crippen LogP contribution is 2.30. The third-order valence-corrected chi connectivity index (χ3v) is 12.8. The Bertz CT molecular complexity index is 291. The van der Waals surface area contributed by atoms with Gasteiger partial charge in [-0.1, -0.05) is 87.0 Å². The average Bonchev–Trinajstić information content (AvgIpc) is 2.62. The van der Waals surface area contributed by atoms with Gasteiger partial charge in [-0.3, -0.25) is 0 Å². The summed E-state index contributed by atoms with van der Waals surface area (Å²) in [6.07, 6.45) is 9.82. The van der Waals surface area contributed by atoms with Crippen LogP contribution in [0.4, 0.5) is 0 Å². The first-order valence-electron chi connectivity index (χ1n) is 11.8. The molecule has 0 saturated carbocycles. The van der Waals surface area contributed by atoms with Crippen LogP contribution in [0.15, 0.2) is 0 Å². The molecule has 0 N–H and O–H groups in total. The first kappa shape index (κ1) is 27.6. The Morgan fingerprint density at radius 2 is 1.04 bits per heavy atom. The van der Waals surface area contributed by atoms with Gasteiger partial charge in [0.1, 0.15) is 0 Å². The molecule has 0 aromatic carbocycles. The van der Waals surface area contributed by atoms with E-state index < -0.39 is 23.5 Å². The van der Waals surface area contributed by atoms with Crippen LogP contribution in [0.25, 0.3) is 0 Å². The van der Waals surface area contributed by atoms with Crippen LogP contribution in [0.5, 0.6) is 0 Å². The molecule has 0 rings (SSSR count). The Kier molecular flexibility index (Phi) is 17.9. The number of rotatable bonds is 19. The second-order valence-corrected chi connectivity index (χ2v) is 15.1. The van der Waals surface area contributed by atoms with Gasteiger partial charge in [-0.25, -0.2) is 0 Å². The largest absolute Gasteiger partial charge is 0.894 e. The summed E-state index contributed by atoms with van der Waals surface area (Å²) in [6, 6.07) is 3.86. The fourth-order valence-electron chi connectivity index (χ4n) is 3.17. The summed E-state index contributed by atoms with van der Waals surface area (Å²) in [4.78, 5) is 0. The minimum Gasteiger partial charge on any atom is -0.498 e. The molecule has 0 radical (unpaired) electrons. The van der Waals surface area contributed by atoms with Crippen molar-refractivity contribution in [3.63, 3.8) is 0 Å². The van der Waals surface area contributed by atoms with Crippen LogP contribution >= 0.6 is 0 Å². The Labute approximate surface area is 177 Å². The Balaban J connectivity index is 5.08. The lowest BCUT2D eigenvalue weighted by molar-refractivity contribution is 0.125. The fourth-order valence-corrected chi connectivity index (χ4v) is 11.3. The van der Waals surface area contributed by atoms with Crippen molar-refractivity contribution in [3.05, 3.63) is 0 Å². The van der Waals surface area contributed by atoms with Crippen molar-refractivity contribution in [2.24, 2.45) is 11.8 Å². The van der Waals surface area contributed by atoms with Gasteiger partial charge in [0, 0.05) is 13.2 Å². The van der Waals surface area contributed by atoms with E-state index in [1.165, 1.54) is 56.7 Å². The lowest BCUT2D eigenvalue weighted by atomic mass is 10.2. The van der Waals surface area contributed by atoms with Crippen molar-refractivity contribution in [2.45, 2.75) is 118 Å². The molecule has 0 atom stereocenters. The maximum atomic E-state index is 6.94. The molecule has 5 heteroatoms. The van der Waals surface area contributed by atoms with E-state index in [1.807, 2.05) is 0 Å². The van der Waals surface area contributed by atoms with Gasteiger partial charge in [0.05, 0.1) is 0 Å². The van der Waals surface area contributed by atoms with Crippen LogP contribution in [0.3, 0.4) is 0 Å². The molecule has 0 aliphatic heterocycles. The summed E-state index contributed by atoms with van der Waals surface area (Å²) in [5.41, 5.74) is 0. The molecule has 0 aromatic heterocycles. The molecule has 0 aliphatic carbocycles. The van der Waals surface area contributed by atoms with Crippen molar-refractivity contribution in [2.75, 3.05) is 13.2 Å². The molecule has 0 unspecified atom stereocenters. The van der Waals surface area contributed by atoms with Gasteiger partial charge >= 0.3 is 15.1 Å². The number of hydrogen-bond acceptors (Lipinski definition) is 3. The lowest BCUT2D eigenvalue weighted by Gasteiger charge is -2.35. The van der Waals surface area contributed by atoms with Crippen molar-refractivity contribution in [1.82, 2.24) is 0 Å². The van der Waals surface area contributed by atoms with Crippen molar-refractivity contribution >= 4 is 23.5 Å². The van der Waals surface area contributed by atoms with Gasteiger partial charge in [-0.05, 0) is 42.8 Å². The quantitative estimate of drug-likeness (QED) is 0.204. The van der Waals surface area contributed by atoms with Gasteiger partial charge in [0.2, 0.25) is 0 Å². The molecular weight excluding hydrogens is 367 g/mol. The van der Waals surface area contributed by atoms with Crippen LogP contribution in [0.1, 0.15) is 99.8 Å². The molecule has 0 bridgehead atoms. The van der Waals surface area contributed by atoms with Crippen LogP contribution in [0.2, 0.25) is 18.1 Å². The Morgan fingerprint density at radius 1 is 0.667 bits per heavy atom. The summed E-state index contributed by atoms with van der Waals surface area (Å²) < 4.78 is 19.5. The van der Waals surface area contributed by atoms with Crippen LogP contribution < -0.4 is 0 Å². The minimum atomic E-state index is -2.04. The van der Waals surface area contributed by atoms with Crippen LogP contribution in [0, 0.1) is 11.8 Å². The molecule has 0 heterocycles. The smallest absolute Gasteiger partial charge is 0.498 e. The number of hydrogen-bond donors (Lipinski definition) is 0. The molecule has 3 nitrogen and oxygen atoms in total. The molecule has 27 heavy (non-hydrogen) atoms. The predicted octanol–water partition coefficient (Wildman–Crippen LogP) is 7.46. The van der Waals surface area contributed by atoms with Gasteiger partial charge in [-0.2, -0.15) is 0 Å². The summed E-state index contributed by atoms with van der Waals surface area (Å²) in [5.74, 6) is 1.33. The summed E-state index contributed by atoms with van der Waals surface area (Å²) in [7, 11) is -1.76. The highest BCUT2D eigenvalue weighted by atomic mass is 28.4. The molecule has 162 valence electrons. The zero-order chi connectivity index (χ0) is 20.5. The van der Waals surface area contributed by atoms with E-state index in [1.54, 1.807) is 0 Å². The summed E-state index contributed by atoms with van der Waals surface area (Å²) in [6.45, 7) is 17.5.